The van der Waals surface area contributed by atoms with Crippen molar-refractivity contribution in [2.75, 3.05) is 11.4 Å². The van der Waals surface area contributed by atoms with Crippen LogP contribution in [0.25, 0.3) is 0 Å². The minimum absolute atomic E-state index is 0.111. The number of nitrogens with zero attached hydrogens (tertiary/aromatic N) is 3. The molecule has 4 nitrogen and oxygen atoms in total. The molecule has 0 heterocycles. The average Bonchev–Trinajstić information content (AvgIpc) is 2.64. The van der Waals surface area contributed by atoms with Gasteiger partial charge in [-0.3, -0.25) is 0 Å². The highest BCUT2D eigenvalue weighted by atomic mass is 16.5. The van der Waals surface area contributed by atoms with Gasteiger partial charge in [-0.25, -0.2) is 0 Å². The molecule has 0 radical (unpaired) electrons. The maximum atomic E-state index is 9.23. The summed E-state index contributed by atoms with van der Waals surface area (Å²) in [6.07, 6.45) is 1.74. The second-order valence-corrected chi connectivity index (χ2v) is 5.91. The summed E-state index contributed by atoms with van der Waals surface area (Å²) in [4.78, 5) is 1.78. The lowest BCUT2D eigenvalue weighted by Gasteiger charge is -2.19. The Labute approximate surface area is 149 Å². The van der Waals surface area contributed by atoms with Gasteiger partial charge in [0.15, 0.2) is 0 Å². The quantitative estimate of drug-likeness (QED) is 0.547. The van der Waals surface area contributed by atoms with E-state index in [1.54, 1.807) is 11.1 Å². The lowest BCUT2D eigenvalue weighted by molar-refractivity contribution is 0.306. The lowest BCUT2D eigenvalue weighted by atomic mass is 10.1. The third-order valence-electron chi connectivity index (χ3n) is 3.70. The molecule has 0 aliphatic carbocycles. The summed E-state index contributed by atoms with van der Waals surface area (Å²) in [5.74, 6) is 0.873. The third-order valence-corrected chi connectivity index (χ3v) is 3.70. The summed E-state index contributed by atoms with van der Waals surface area (Å²) in [6.45, 7) is 4.61. The van der Waals surface area contributed by atoms with Gasteiger partial charge in [-0.05, 0) is 35.7 Å². The zero-order chi connectivity index (χ0) is 18.1. The van der Waals surface area contributed by atoms with E-state index < -0.39 is 0 Å². The Bertz CT molecular complexity index is 781. The second kappa shape index (κ2) is 9.15. The fourth-order valence-corrected chi connectivity index (χ4v) is 2.24. The van der Waals surface area contributed by atoms with E-state index in [0.29, 0.717) is 12.2 Å². The lowest BCUT2D eigenvalue weighted by Crippen LogP contribution is -2.17. The van der Waals surface area contributed by atoms with Gasteiger partial charge in [0.1, 0.15) is 18.9 Å². The highest BCUT2D eigenvalue weighted by Crippen LogP contribution is 2.22. The molecule has 0 spiro atoms. The van der Waals surface area contributed by atoms with Crippen LogP contribution >= 0.6 is 0 Å². The molecule has 2 aromatic carbocycles. The van der Waals surface area contributed by atoms with E-state index in [4.69, 9.17) is 10.00 Å². The number of benzene rings is 2. The maximum absolute atomic E-state index is 9.23. The molecular formula is C21H21N3O. The molecule has 0 aliphatic rings. The van der Waals surface area contributed by atoms with Crippen LogP contribution in [0.5, 0.6) is 5.75 Å². The molecule has 0 atom stereocenters. The minimum Gasteiger partial charge on any atom is -0.489 e. The predicted octanol–water partition coefficient (Wildman–Crippen LogP) is 4.66. The average molecular weight is 331 g/mol. The summed E-state index contributed by atoms with van der Waals surface area (Å²) in [6, 6.07) is 21.8. The standard InChI is InChI=1S/C21H21N3O/c1-17(2)19(14-23)15-24(13-12-22)20-8-10-21(11-9-20)25-16-18-6-4-3-5-7-18/h3-11,15,17H,13,16H2,1-2H3/b19-15+. The van der Waals surface area contributed by atoms with Crippen molar-refractivity contribution >= 4 is 5.69 Å². The summed E-state index contributed by atoms with van der Waals surface area (Å²) in [7, 11) is 0. The molecule has 0 bridgehead atoms. The van der Waals surface area contributed by atoms with Crippen LogP contribution in [0, 0.1) is 28.6 Å². The molecule has 25 heavy (non-hydrogen) atoms. The van der Waals surface area contributed by atoms with Crippen LogP contribution in [0.2, 0.25) is 0 Å². The van der Waals surface area contributed by atoms with Crippen molar-refractivity contribution in [2.45, 2.75) is 20.5 Å². The number of rotatable bonds is 7. The second-order valence-electron chi connectivity index (χ2n) is 5.91. The summed E-state index contributed by atoms with van der Waals surface area (Å²) in [5, 5.41) is 18.3. The van der Waals surface area contributed by atoms with E-state index in [-0.39, 0.29) is 12.5 Å². The predicted molar refractivity (Wildman–Crippen MR) is 98.7 cm³/mol. The van der Waals surface area contributed by atoms with Crippen LogP contribution in [0.3, 0.4) is 0 Å². The van der Waals surface area contributed by atoms with Crippen LogP contribution in [0.1, 0.15) is 19.4 Å². The molecule has 126 valence electrons. The molecule has 0 aromatic heterocycles. The van der Waals surface area contributed by atoms with Crippen molar-refractivity contribution in [3.63, 3.8) is 0 Å². The molecule has 2 aromatic rings. The number of ether oxygens (including phenoxy) is 1. The largest absolute Gasteiger partial charge is 0.489 e. The SMILES string of the molecule is CC(C)/C(C#N)=C/N(CC#N)c1ccc(OCc2ccccc2)cc1. The minimum atomic E-state index is 0.111. The molecule has 0 amide bonds. The highest BCUT2D eigenvalue weighted by molar-refractivity contribution is 5.53. The number of hydrogen-bond donors (Lipinski definition) is 0. The van der Waals surface area contributed by atoms with Crippen molar-refractivity contribution in [1.82, 2.24) is 0 Å². The molecular weight excluding hydrogens is 310 g/mol. The molecule has 0 saturated heterocycles. The van der Waals surface area contributed by atoms with Crippen molar-refractivity contribution in [3.05, 3.63) is 71.9 Å². The van der Waals surface area contributed by atoms with Crippen molar-refractivity contribution in [1.29, 1.82) is 10.5 Å². The first-order valence-electron chi connectivity index (χ1n) is 8.16. The van der Waals surface area contributed by atoms with Gasteiger partial charge in [-0.15, -0.1) is 0 Å². The van der Waals surface area contributed by atoms with Crippen LogP contribution in [-0.4, -0.2) is 6.54 Å². The van der Waals surface area contributed by atoms with Crippen molar-refractivity contribution < 1.29 is 4.74 Å². The molecule has 0 saturated carbocycles. The first kappa shape index (κ1) is 18.1. The number of hydrogen-bond acceptors (Lipinski definition) is 4. The Morgan fingerprint density at radius 1 is 1.08 bits per heavy atom. The summed E-state index contributed by atoms with van der Waals surface area (Å²) < 4.78 is 5.78. The van der Waals surface area contributed by atoms with Gasteiger partial charge in [0.2, 0.25) is 0 Å². The Morgan fingerprint density at radius 2 is 1.76 bits per heavy atom. The fourth-order valence-electron chi connectivity index (χ4n) is 2.24. The van der Waals surface area contributed by atoms with Gasteiger partial charge in [0.05, 0.1) is 12.1 Å². The number of allylic oxidation sites excluding steroid dienone is 1. The monoisotopic (exact) mass is 331 g/mol. The van der Waals surface area contributed by atoms with E-state index in [1.165, 1.54) is 0 Å². The summed E-state index contributed by atoms with van der Waals surface area (Å²) >= 11 is 0. The molecule has 0 fully saturated rings. The van der Waals surface area contributed by atoms with Gasteiger partial charge in [0, 0.05) is 17.5 Å². The van der Waals surface area contributed by atoms with E-state index in [0.717, 1.165) is 17.0 Å². The van der Waals surface area contributed by atoms with Crippen LogP contribution in [0.4, 0.5) is 5.69 Å². The first-order valence-corrected chi connectivity index (χ1v) is 8.16. The molecule has 2 rings (SSSR count). The van der Waals surface area contributed by atoms with E-state index >= 15 is 0 Å². The zero-order valence-corrected chi connectivity index (χ0v) is 14.5. The molecule has 0 N–H and O–H groups in total. The van der Waals surface area contributed by atoms with Crippen molar-refractivity contribution in [3.8, 4) is 17.9 Å². The van der Waals surface area contributed by atoms with Crippen molar-refractivity contribution in [2.24, 2.45) is 5.92 Å². The van der Waals surface area contributed by atoms with Crippen LogP contribution in [0.15, 0.2) is 66.4 Å². The molecule has 4 heteroatoms. The van der Waals surface area contributed by atoms with E-state index in [1.807, 2.05) is 68.4 Å². The van der Waals surface area contributed by atoms with E-state index in [2.05, 4.69) is 12.1 Å². The molecule has 0 unspecified atom stereocenters. The van der Waals surface area contributed by atoms with Crippen LogP contribution < -0.4 is 9.64 Å². The highest BCUT2D eigenvalue weighted by Gasteiger charge is 2.08. The summed E-state index contributed by atoms with van der Waals surface area (Å²) in [5.41, 5.74) is 2.60. The molecule has 0 aliphatic heterocycles. The Morgan fingerprint density at radius 3 is 2.32 bits per heavy atom. The number of anilines is 1. The third kappa shape index (κ3) is 5.41. The van der Waals surface area contributed by atoms with Gasteiger partial charge in [-0.2, -0.15) is 10.5 Å². The Kier molecular flexibility index (Phi) is 6.63. The Hall–Kier alpha value is -3.24. The number of nitriles is 2. The first-order chi connectivity index (χ1) is 12.1. The smallest absolute Gasteiger partial charge is 0.119 e. The topological polar surface area (TPSA) is 60.0 Å². The van der Waals surface area contributed by atoms with Crippen LogP contribution in [-0.2, 0) is 6.61 Å². The van der Waals surface area contributed by atoms with Gasteiger partial charge in [0.25, 0.3) is 0 Å². The van der Waals surface area contributed by atoms with Gasteiger partial charge in [-0.1, -0.05) is 44.2 Å². The van der Waals surface area contributed by atoms with Gasteiger partial charge < -0.3 is 9.64 Å². The normalized spacial score (nSPS) is 10.8. The fraction of sp³-hybridized carbons (Fsp3) is 0.238. The van der Waals surface area contributed by atoms with Gasteiger partial charge >= 0.3 is 0 Å². The zero-order valence-electron chi connectivity index (χ0n) is 14.5. The maximum Gasteiger partial charge on any atom is 0.119 e. The van der Waals surface area contributed by atoms with E-state index in [9.17, 15) is 5.26 Å². The Balaban J connectivity index is 2.10.